The Morgan fingerprint density at radius 1 is 1.16 bits per heavy atom. The molecule has 4 nitrogen and oxygen atoms in total. The summed E-state index contributed by atoms with van der Waals surface area (Å²) in [6.45, 7) is 1.53. The number of carbonyl (C=O) groups excluding carboxylic acids is 1. The molecule has 0 unspecified atom stereocenters. The number of benzene rings is 2. The number of anilines is 1. The van der Waals surface area contributed by atoms with Crippen molar-refractivity contribution >= 4 is 28.4 Å². The van der Waals surface area contributed by atoms with Gasteiger partial charge < -0.3 is 5.32 Å². The van der Waals surface area contributed by atoms with Crippen LogP contribution < -0.4 is 5.32 Å². The van der Waals surface area contributed by atoms with Gasteiger partial charge >= 0.3 is 0 Å². The Kier molecular flexibility index (Phi) is 5.03. The van der Waals surface area contributed by atoms with Crippen LogP contribution in [0.1, 0.15) is 22.3 Å². The van der Waals surface area contributed by atoms with Crippen molar-refractivity contribution in [3.63, 3.8) is 0 Å². The van der Waals surface area contributed by atoms with Crippen molar-refractivity contribution in [2.24, 2.45) is 0 Å². The largest absolute Gasteiger partial charge is 0.360 e. The molecule has 122 valence electrons. The van der Waals surface area contributed by atoms with Crippen LogP contribution in [0.15, 0.2) is 66.2 Å². The van der Waals surface area contributed by atoms with Crippen LogP contribution >= 0.6 is 11.3 Å². The van der Waals surface area contributed by atoms with Crippen LogP contribution in [0.25, 0.3) is 16.8 Å². The molecular formula is C20H15N3OS. The fraction of sp³-hybridized carbons (Fsp3) is 0.0500. The van der Waals surface area contributed by atoms with Crippen LogP contribution in [0, 0.1) is 11.3 Å². The summed E-state index contributed by atoms with van der Waals surface area (Å²) in [5.74, 6) is 0.0241. The predicted molar refractivity (Wildman–Crippen MR) is 101 cm³/mol. The number of allylic oxidation sites excluding steroid dienone is 1. The van der Waals surface area contributed by atoms with Gasteiger partial charge in [0.25, 0.3) is 0 Å². The number of nitrogens with one attached hydrogen (secondary N) is 1. The van der Waals surface area contributed by atoms with Crippen molar-refractivity contribution < 1.29 is 4.79 Å². The first-order valence-corrected chi connectivity index (χ1v) is 8.54. The predicted octanol–water partition coefficient (Wildman–Crippen LogP) is 4.99. The number of rotatable bonds is 5. The zero-order valence-corrected chi connectivity index (χ0v) is 14.4. The van der Waals surface area contributed by atoms with E-state index >= 15 is 0 Å². The Hall–Kier alpha value is -3.23. The highest BCUT2D eigenvalue weighted by molar-refractivity contribution is 7.11. The molecule has 3 aromatic rings. The number of thiazole rings is 1. The van der Waals surface area contributed by atoms with Crippen molar-refractivity contribution in [2.45, 2.75) is 6.92 Å². The van der Waals surface area contributed by atoms with Crippen LogP contribution in [0.5, 0.6) is 0 Å². The van der Waals surface area contributed by atoms with Gasteiger partial charge in [-0.2, -0.15) is 5.26 Å². The number of ketones is 1. The fourth-order valence-corrected chi connectivity index (χ4v) is 3.03. The maximum absolute atomic E-state index is 11.3. The Balaban J connectivity index is 1.78. The van der Waals surface area contributed by atoms with E-state index in [1.807, 2.05) is 35.7 Å². The quantitative estimate of drug-likeness (QED) is 0.522. The van der Waals surface area contributed by atoms with E-state index in [-0.39, 0.29) is 5.78 Å². The number of nitriles is 1. The minimum Gasteiger partial charge on any atom is -0.360 e. The molecule has 1 aromatic heterocycles. The zero-order valence-electron chi connectivity index (χ0n) is 13.6. The normalized spacial score (nSPS) is 11.0. The zero-order chi connectivity index (χ0) is 17.6. The molecule has 0 saturated heterocycles. The van der Waals surface area contributed by atoms with E-state index in [4.69, 9.17) is 0 Å². The van der Waals surface area contributed by atoms with Gasteiger partial charge in [0, 0.05) is 28.4 Å². The summed E-state index contributed by atoms with van der Waals surface area (Å²) in [4.78, 5) is 15.8. The van der Waals surface area contributed by atoms with Gasteiger partial charge in [-0.3, -0.25) is 4.79 Å². The van der Waals surface area contributed by atoms with Crippen LogP contribution in [0.2, 0.25) is 0 Å². The first-order chi connectivity index (χ1) is 12.2. The average molecular weight is 345 g/mol. The average Bonchev–Trinajstić information content (AvgIpc) is 3.13. The van der Waals surface area contributed by atoms with E-state index in [1.54, 1.807) is 30.5 Å². The number of hydrogen-bond acceptors (Lipinski definition) is 5. The van der Waals surface area contributed by atoms with E-state index in [1.165, 1.54) is 18.3 Å². The number of aromatic nitrogens is 1. The molecule has 3 rings (SSSR count). The molecule has 0 atom stereocenters. The van der Waals surface area contributed by atoms with Crippen LogP contribution in [-0.4, -0.2) is 10.8 Å². The molecule has 25 heavy (non-hydrogen) atoms. The molecule has 1 heterocycles. The number of carbonyl (C=O) groups is 1. The summed E-state index contributed by atoms with van der Waals surface area (Å²) in [5, 5.41) is 15.1. The van der Waals surface area contributed by atoms with Crippen LogP contribution in [0.3, 0.4) is 0 Å². The maximum atomic E-state index is 11.3. The number of Topliss-reactive ketones (excluding diaryl/α,β-unsaturated/α-hetero) is 1. The lowest BCUT2D eigenvalue weighted by molar-refractivity contribution is 0.101. The second kappa shape index (κ2) is 7.56. The topological polar surface area (TPSA) is 65.8 Å². The van der Waals surface area contributed by atoms with Crippen LogP contribution in [0.4, 0.5) is 5.69 Å². The van der Waals surface area contributed by atoms with Crippen LogP contribution in [-0.2, 0) is 0 Å². The molecule has 5 heteroatoms. The molecule has 0 spiro atoms. The van der Waals surface area contributed by atoms with Gasteiger partial charge in [-0.25, -0.2) is 4.98 Å². The first kappa shape index (κ1) is 16.6. The highest BCUT2D eigenvalue weighted by atomic mass is 32.1. The first-order valence-electron chi connectivity index (χ1n) is 7.66. The van der Waals surface area contributed by atoms with E-state index in [0.29, 0.717) is 16.1 Å². The van der Waals surface area contributed by atoms with Gasteiger partial charge in [0.15, 0.2) is 5.78 Å². The third-order valence-electron chi connectivity index (χ3n) is 3.60. The Morgan fingerprint density at radius 3 is 2.52 bits per heavy atom. The lowest BCUT2D eigenvalue weighted by atomic mass is 10.1. The van der Waals surface area contributed by atoms with Gasteiger partial charge in [0.2, 0.25) is 0 Å². The van der Waals surface area contributed by atoms with Crippen molar-refractivity contribution in [1.29, 1.82) is 5.26 Å². The molecule has 2 aromatic carbocycles. The molecule has 0 amide bonds. The highest BCUT2D eigenvalue weighted by Crippen LogP contribution is 2.26. The van der Waals surface area contributed by atoms with Gasteiger partial charge in [0.1, 0.15) is 16.6 Å². The van der Waals surface area contributed by atoms with Gasteiger partial charge in [-0.05, 0) is 31.2 Å². The third kappa shape index (κ3) is 4.00. The van der Waals surface area contributed by atoms with E-state index < -0.39 is 0 Å². The van der Waals surface area contributed by atoms with E-state index in [2.05, 4.69) is 16.4 Å². The molecule has 0 aliphatic rings. The molecule has 1 N–H and O–H groups in total. The third-order valence-corrected chi connectivity index (χ3v) is 4.47. The van der Waals surface area contributed by atoms with Gasteiger partial charge in [0.05, 0.1) is 5.69 Å². The summed E-state index contributed by atoms with van der Waals surface area (Å²) in [7, 11) is 0. The molecule has 0 aliphatic carbocycles. The summed E-state index contributed by atoms with van der Waals surface area (Å²) in [5.41, 5.74) is 3.80. The maximum Gasteiger partial charge on any atom is 0.159 e. The summed E-state index contributed by atoms with van der Waals surface area (Å²) < 4.78 is 0. The molecule has 0 radical (unpaired) electrons. The van der Waals surface area contributed by atoms with Gasteiger partial charge in [-0.15, -0.1) is 11.3 Å². The minimum absolute atomic E-state index is 0.0241. The summed E-state index contributed by atoms with van der Waals surface area (Å²) in [6, 6.07) is 19.1. The monoisotopic (exact) mass is 345 g/mol. The lowest BCUT2D eigenvalue weighted by Crippen LogP contribution is -1.94. The molecular weight excluding hydrogens is 330 g/mol. The Labute approximate surface area is 150 Å². The second-order valence-electron chi connectivity index (χ2n) is 5.35. The smallest absolute Gasteiger partial charge is 0.159 e. The summed E-state index contributed by atoms with van der Waals surface area (Å²) in [6.07, 6.45) is 1.64. The van der Waals surface area contributed by atoms with E-state index in [9.17, 15) is 10.1 Å². The Bertz CT molecular complexity index is 951. The molecule has 0 fully saturated rings. The standard InChI is InChI=1S/C20H15N3OS/c1-14(24)15-7-9-18(10-8-15)22-12-17(11-21)20-23-19(13-25-20)16-5-3-2-4-6-16/h2-10,12-13,22H,1H3/b17-12-. The Morgan fingerprint density at radius 2 is 1.88 bits per heavy atom. The van der Waals surface area contributed by atoms with Crippen molar-refractivity contribution in [1.82, 2.24) is 4.98 Å². The second-order valence-corrected chi connectivity index (χ2v) is 6.21. The van der Waals surface area contributed by atoms with Crippen molar-refractivity contribution in [3.8, 4) is 17.3 Å². The van der Waals surface area contributed by atoms with Crippen molar-refractivity contribution in [2.75, 3.05) is 5.32 Å². The number of nitrogens with zero attached hydrogens (tertiary/aromatic N) is 2. The lowest BCUT2D eigenvalue weighted by Gasteiger charge is -2.02. The van der Waals surface area contributed by atoms with E-state index in [0.717, 1.165) is 16.9 Å². The highest BCUT2D eigenvalue weighted by Gasteiger charge is 2.08. The van der Waals surface area contributed by atoms with Gasteiger partial charge in [-0.1, -0.05) is 30.3 Å². The minimum atomic E-state index is 0.0241. The summed E-state index contributed by atoms with van der Waals surface area (Å²) >= 11 is 1.43. The number of hydrogen-bond donors (Lipinski definition) is 1. The fourth-order valence-electron chi connectivity index (χ4n) is 2.24. The molecule has 0 aliphatic heterocycles. The molecule has 0 bridgehead atoms. The SMILES string of the molecule is CC(=O)c1ccc(N/C=C(/C#N)c2nc(-c3ccccc3)cs2)cc1. The molecule has 0 saturated carbocycles. The van der Waals surface area contributed by atoms with Crippen molar-refractivity contribution in [3.05, 3.63) is 76.7 Å².